The summed E-state index contributed by atoms with van der Waals surface area (Å²) >= 11 is 0. The number of alkyl halides is 3. The van der Waals surface area contributed by atoms with Crippen LogP contribution < -0.4 is 0 Å². The molecule has 1 fully saturated rings. The summed E-state index contributed by atoms with van der Waals surface area (Å²) in [6.45, 7) is 5.09. The van der Waals surface area contributed by atoms with E-state index in [1.54, 1.807) is 0 Å². The fourth-order valence-electron chi connectivity index (χ4n) is 3.25. The molecule has 2 aromatic rings. The van der Waals surface area contributed by atoms with E-state index in [2.05, 4.69) is 10.3 Å². The molecule has 0 aliphatic carbocycles. The van der Waals surface area contributed by atoms with Crippen LogP contribution in [0.15, 0.2) is 18.2 Å². The average molecular weight is 357 g/mol. The molecule has 0 N–H and O–H groups in total. The van der Waals surface area contributed by atoms with E-state index in [4.69, 9.17) is 9.47 Å². The van der Waals surface area contributed by atoms with Crippen LogP contribution >= 0.6 is 0 Å². The van der Waals surface area contributed by atoms with Crippen molar-refractivity contribution in [3.63, 3.8) is 0 Å². The van der Waals surface area contributed by atoms with Crippen LogP contribution in [0.5, 0.6) is 0 Å². The van der Waals surface area contributed by atoms with Gasteiger partial charge < -0.3 is 9.47 Å². The predicted molar refractivity (Wildman–Crippen MR) is 81.4 cm³/mol. The highest BCUT2D eigenvalue weighted by Gasteiger charge is 2.46. The van der Waals surface area contributed by atoms with E-state index >= 15 is 0 Å². The highest BCUT2D eigenvalue weighted by Crippen LogP contribution is 2.40. The van der Waals surface area contributed by atoms with E-state index in [0.717, 1.165) is 6.07 Å². The first-order valence-corrected chi connectivity index (χ1v) is 7.97. The quantitative estimate of drug-likeness (QED) is 0.789. The second-order valence-electron chi connectivity index (χ2n) is 6.11. The first kappa shape index (κ1) is 17.7. The molecule has 136 valence electrons. The van der Waals surface area contributed by atoms with Crippen molar-refractivity contribution >= 4 is 17.0 Å². The second kappa shape index (κ2) is 6.29. The lowest BCUT2D eigenvalue weighted by Gasteiger charge is -2.21. The molecule has 0 amide bonds. The molecule has 3 rings (SSSR count). The highest BCUT2D eigenvalue weighted by atomic mass is 19.4. The third kappa shape index (κ3) is 3.08. The first-order chi connectivity index (χ1) is 11.7. The maximum atomic E-state index is 13.2. The Morgan fingerprint density at radius 3 is 2.72 bits per heavy atom. The molecule has 0 spiro atoms. The van der Waals surface area contributed by atoms with Crippen LogP contribution in [-0.2, 0) is 20.4 Å². The van der Waals surface area contributed by atoms with Crippen molar-refractivity contribution in [2.45, 2.75) is 51.8 Å². The molecule has 9 heteroatoms. The van der Waals surface area contributed by atoms with E-state index < -0.39 is 30.0 Å². The zero-order valence-electron chi connectivity index (χ0n) is 13.9. The van der Waals surface area contributed by atoms with E-state index in [0.29, 0.717) is 6.42 Å². The fraction of sp³-hybridized carbons (Fsp3) is 0.562. The minimum absolute atomic E-state index is 0.121. The summed E-state index contributed by atoms with van der Waals surface area (Å²) in [7, 11) is 0. The van der Waals surface area contributed by atoms with Crippen LogP contribution in [0, 0.1) is 5.92 Å². The van der Waals surface area contributed by atoms with Gasteiger partial charge in [0.1, 0.15) is 5.52 Å². The Labute approximate surface area is 141 Å². The van der Waals surface area contributed by atoms with Crippen molar-refractivity contribution in [2.75, 3.05) is 0 Å². The normalized spacial score (nSPS) is 27.0. The van der Waals surface area contributed by atoms with Gasteiger partial charge in [-0.15, -0.1) is 5.10 Å². The molecule has 1 aliphatic heterocycles. The molecule has 0 bridgehead atoms. The maximum absolute atomic E-state index is 13.2. The molecule has 4 atom stereocenters. The van der Waals surface area contributed by atoms with Crippen LogP contribution in [0.2, 0.25) is 0 Å². The van der Waals surface area contributed by atoms with Gasteiger partial charge in [0, 0.05) is 12.8 Å². The van der Waals surface area contributed by atoms with E-state index in [1.807, 2.05) is 13.8 Å². The predicted octanol–water partition coefficient (Wildman–Crippen LogP) is 3.33. The SMILES string of the molecule is CC[C@H]1O[C@@H](n2nnc3c(C(F)(F)F)cccc32)[C@H](OC(C)=O)[C@@H]1C. The largest absolute Gasteiger partial charge is 0.457 e. The number of rotatable bonds is 3. The van der Waals surface area contributed by atoms with Gasteiger partial charge >= 0.3 is 12.1 Å². The number of nitrogens with zero attached hydrogens (tertiary/aromatic N) is 3. The highest BCUT2D eigenvalue weighted by molar-refractivity contribution is 5.78. The van der Waals surface area contributed by atoms with Gasteiger partial charge in [-0.1, -0.05) is 25.1 Å². The molecule has 0 unspecified atom stereocenters. The summed E-state index contributed by atoms with van der Waals surface area (Å²) in [5.74, 6) is -0.605. The molecule has 1 aromatic heterocycles. The Hall–Kier alpha value is -2.16. The second-order valence-corrected chi connectivity index (χ2v) is 6.11. The zero-order chi connectivity index (χ0) is 18.4. The monoisotopic (exact) mass is 357 g/mol. The number of ether oxygens (including phenoxy) is 2. The van der Waals surface area contributed by atoms with Gasteiger partial charge in [-0.25, -0.2) is 4.68 Å². The van der Waals surface area contributed by atoms with Gasteiger partial charge in [0.15, 0.2) is 12.3 Å². The Morgan fingerprint density at radius 2 is 2.12 bits per heavy atom. The average Bonchev–Trinajstić information content (AvgIpc) is 3.08. The molecular formula is C16H18F3N3O3. The standard InChI is InChI=1S/C16H18F3N3O3/c1-4-12-8(2)14(24-9(3)23)15(25-12)22-11-7-5-6-10(16(17,18)19)13(11)20-21-22/h5-8,12,14-15H,4H2,1-3H3/t8-,12-,14-,15-/m1/s1. The Balaban J connectivity index is 2.07. The lowest BCUT2D eigenvalue weighted by atomic mass is 9.98. The van der Waals surface area contributed by atoms with Crippen LogP contribution in [0.4, 0.5) is 13.2 Å². The van der Waals surface area contributed by atoms with E-state index in [9.17, 15) is 18.0 Å². The molecular weight excluding hydrogens is 339 g/mol. The maximum Gasteiger partial charge on any atom is 0.418 e. The molecule has 6 nitrogen and oxygen atoms in total. The lowest BCUT2D eigenvalue weighted by Crippen LogP contribution is -2.30. The topological polar surface area (TPSA) is 66.2 Å². The molecule has 1 aliphatic rings. The summed E-state index contributed by atoms with van der Waals surface area (Å²) in [5, 5.41) is 7.55. The van der Waals surface area contributed by atoms with Crippen LogP contribution in [0.3, 0.4) is 0 Å². The third-order valence-corrected chi connectivity index (χ3v) is 4.45. The minimum Gasteiger partial charge on any atom is -0.457 e. The Bertz CT molecular complexity index is 790. The Morgan fingerprint density at radius 1 is 1.40 bits per heavy atom. The van der Waals surface area contributed by atoms with Gasteiger partial charge in [-0.2, -0.15) is 13.2 Å². The molecule has 1 saturated heterocycles. The van der Waals surface area contributed by atoms with Crippen molar-refractivity contribution in [2.24, 2.45) is 5.92 Å². The van der Waals surface area contributed by atoms with Crippen LogP contribution in [0.25, 0.3) is 11.0 Å². The third-order valence-electron chi connectivity index (χ3n) is 4.45. The molecule has 25 heavy (non-hydrogen) atoms. The molecule has 0 radical (unpaired) electrons. The van der Waals surface area contributed by atoms with Crippen LogP contribution in [-0.4, -0.2) is 33.2 Å². The van der Waals surface area contributed by atoms with Gasteiger partial charge in [0.05, 0.1) is 17.2 Å². The number of hydrogen-bond acceptors (Lipinski definition) is 5. The molecule has 1 aromatic carbocycles. The molecule has 2 heterocycles. The van der Waals surface area contributed by atoms with Gasteiger partial charge in [0.2, 0.25) is 0 Å². The number of carbonyl (C=O) groups excluding carboxylic acids is 1. The van der Waals surface area contributed by atoms with Crippen molar-refractivity contribution in [3.8, 4) is 0 Å². The van der Waals surface area contributed by atoms with E-state index in [-0.39, 0.29) is 23.1 Å². The number of benzene rings is 1. The number of aromatic nitrogens is 3. The molecule has 0 saturated carbocycles. The number of hydrogen-bond donors (Lipinski definition) is 0. The first-order valence-electron chi connectivity index (χ1n) is 7.97. The number of esters is 1. The van der Waals surface area contributed by atoms with Crippen molar-refractivity contribution in [3.05, 3.63) is 23.8 Å². The minimum atomic E-state index is -4.54. The number of fused-ring (bicyclic) bond motifs is 1. The number of halogens is 3. The summed E-state index contributed by atoms with van der Waals surface area (Å²) < 4.78 is 52.0. The summed E-state index contributed by atoms with van der Waals surface area (Å²) in [6, 6.07) is 3.74. The van der Waals surface area contributed by atoms with Gasteiger partial charge in [0.25, 0.3) is 0 Å². The fourth-order valence-corrected chi connectivity index (χ4v) is 3.25. The van der Waals surface area contributed by atoms with E-state index in [1.165, 1.54) is 23.7 Å². The van der Waals surface area contributed by atoms with Gasteiger partial charge in [-0.05, 0) is 18.6 Å². The van der Waals surface area contributed by atoms with Crippen molar-refractivity contribution in [1.82, 2.24) is 15.0 Å². The summed E-state index contributed by atoms with van der Waals surface area (Å²) in [6.07, 6.45) is -5.53. The smallest absolute Gasteiger partial charge is 0.418 e. The van der Waals surface area contributed by atoms with Gasteiger partial charge in [-0.3, -0.25) is 4.79 Å². The summed E-state index contributed by atoms with van der Waals surface area (Å²) in [5.41, 5.74) is -0.938. The lowest BCUT2D eigenvalue weighted by molar-refractivity contribution is -0.154. The van der Waals surface area contributed by atoms with Crippen LogP contribution in [0.1, 0.15) is 39.0 Å². The zero-order valence-corrected chi connectivity index (χ0v) is 13.9. The van der Waals surface area contributed by atoms with Crippen molar-refractivity contribution in [1.29, 1.82) is 0 Å². The number of carbonyl (C=O) groups is 1. The Kier molecular flexibility index (Phi) is 4.44. The summed E-state index contributed by atoms with van der Waals surface area (Å²) in [4.78, 5) is 11.4. The van der Waals surface area contributed by atoms with Crippen molar-refractivity contribution < 1.29 is 27.4 Å².